The Hall–Kier alpha value is -0.510. The second-order valence-electron chi connectivity index (χ2n) is 4.60. The average Bonchev–Trinajstić information content (AvgIpc) is 2.21. The number of aliphatic hydroxyl groups is 1. The Morgan fingerprint density at radius 3 is 2.62 bits per heavy atom. The van der Waals surface area contributed by atoms with Crippen LogP contribution in [0.4, 0.5) is 0 Å². The summed E-state index contributed by atoms with van der Waals surface area (Å²) in [4.78, 5) is 1.28. The van der Waals surface area contributed by atoms with Crippen molar-refractivity contribution in [3.8, 4) is 0 Å². The molecule has 0 fully saturated rings. The first-order valence-corrected chi connectivity index (χ1v) is 6.47. The van der Waals surface area contributed by atoms with Gasteiger partial charge < -0.3 is 10.8 Å². The first kappa shape index (κ1) is 13.6. The summed E-state index contributed by atoms with van der Waals surface area (Å²) in [7, 11) is 0. The fourth-order valence-corrected chi connectivity index (χ4v) is 2.94. The van der Waals surface area contributed by atoms with E-state index in [0.29, 0.717) is 18.2 Å². The Bertz CT molecular complexity index is 338. The molecule has 0 saturated carbocycles. The Labute approximate surface area is 102 Å². The van der Waals surface area contributed by atoms with Gasteiger partial charge in [0.1, 0.15) is 0 Å². The first-order valence-electron chi connectivity index (χ1n) is 5.59. The highest BCUT2D eigenvalue weighted by molar-refractivity contribution is 8.00. The van der Waals surface area contributed by atoms with Crippen LogP contribution in [0.5, 0.6) is 0 Å². The fraction of sp³-hybridized carbons (Fsp3) is 0.538. The molecule has 1 aromatic rings. The smallest absolute Gasteiger partial charge is 0.0752 e. The third-order valence-corrected chi connectivity index (χ3v) is 3.87. The van der Waals surface area contributed by atoms with Crippen molar-refractivity contribution in [2.24, 2.45) is 5.73 Å². The summed E-state index contributed by atoms with van der Waals surface area (Å²) in [6.45, 7) is 6.34. The van der Waals surface area contributed by atoms with Gasteiger partial charge in [-0.1, -0.05) is 25.1 Å². The van der Waals surface area contributed by atoms with Gasteiger partial charge in [0.15, 0.2) is 0 Å². The maximum Gasteiger partial charge on any atom is 0.0752 e. The number of nitrogens with two attached hydrogens (primary N) is 1. The number of rotatable bonds is 5. The molecule has 1 aromatic carbocycles. The molecule has 0 aliphatic rings. The van der Waals surface area contributed by atoms with Crippen molar-refractivity contribution in [1.29, 1.82) is 0 Å². The van der Waals surface area contributed by atoms with Crippen LogP contribution in [0.25, 0.3) is 0 Å². The molecule has 1 rings (SSSR count). The number of hydrogen-bond acceptors (Lipinski definition) is 3. The van der Waals surface area contributed by atoms with Crippen molar-refractivity contribution in [3.63, 3.8) is 0 Å². The topological polar surface area (TPSA) is 46.2 Å². The van der Waals surface area contributed by atoms with Gasteiger partial charge in [-0.3, -0.25) is 0 Å². The molecule has 0 spiro atoms. The summed E-state index contributed by atoms with van der Waals surface area (Å²) in [5, 5.41) is 10.3. The summed E-state index contributed by atoms with van der Waals surface area (Å²) in [5.41, 5.74) is 6.05. The Morgan fingerprint density at radius 2 is 2.06 bits per heavy atom. The second kappa shape index (κ2) is 5.71. The van der Waals surface area contributed by atoms with Gasteiger partial charge in [-0.25, -0.2) is 0 Å². The van der Waals surface area contributed by atoms with E-state index in [1.54, 1.807) is 18.7 Å². The van der Waals surface area contributed by atoms with E-state index in [4.69, 9.17) is 5.73 Å². The van der Waals surface area contributed by atoms with Gasteiger partial charge in [0.25, 0.3) is 0 Å². The minimum absolute atomic E-state index is 0.311. The van der Waals surface area contributed by atoms with E-state index in [2.05, 4.69) is 26.0 Å². The summed E-state index contributed by atoms with van der Waals surface area (Å²) >= 11 is 1.80. The molecule has 0 aliphatic carbocycles. The quantitative estimate of drug-likeness (QED) is 0.776. The second-order valence-corrected chi connectivity index (χ2v) is 6.08. The third-order valence-electron chi connectivity index (χ3n) is 2.59. The summed E-state index contributed by atoms with van der Waals surface area (Å²) in [6.07, 6.45) is 0.711. The molecule has 0 bridgehead atoms. The lowest BCUT2D eigenvalue weighted by Gasteiger charge is -2.25. The van der Waals surface area contributed by atoms with E-state index >= 15 is 0 Å². The van der Waals surface area contributed by atoms with Crippen LogP contribution in [0.15, 0.2) is 29.2 Å². The predicted octanol–water partition coefficient (Wildman–Crippen LogP) is 2.58. The van der Waals surface area contributed by atoms with Gasteiger partial charge in [0.2, 0.25) is 0 Å². The average molecular weight is 239 g/mol. The van der Waals surface area contributed by atoms with E-state index in [9.17, 15) is 5.11 Å². The zero-order chi connectivity index (χ0) is 12.2. The maximum atomic E-state index is 9.90. The Kier molecular flexibility index (Phi) is 4.84. The summed E-state index contributed by atoms with van der Waals surface area (Å²) in [6, 6.07) is 8.31. The molecule has 0 aromatic heterocycles. The molecule has 3 heteroatoms. The molecule has 2 unspecified atom stereocenters. The van der Waals surface area contributed by atoms with Gasteiger partial charge in [0.05, 0.1) is 5.60 Å². The van der Waals surface area contributed by atoms with Crippen LogP contribution in [0, 0.1) is 6.92 Å². The number of hydrogen-bond donors (Lipinski definition) is 2. The van der Waals surface area contributed by atoms with Crippen LogP contribution in [-0.4, -0.2) is 22.5 Å². The molecular weight excluding hydrogens is 218 g/mol. The molecule has 0 saturated heterocycles. The first-order chi connectivity index (χ1) is 7.44. The Morgan fingerprint density at radius 1 is 1.44 bits per heavy atom. The Balaban J connectivity index is 2.58. The predicted molar refractivity (Wildman–Crippen MR) is 70.8 cm³/mol. The van der Waals surface area contributed by atoms with Crippen LogP contribution in [0.3, 0.4) is 0 Å². The lowest BCUT2D eigenvalue weighted by Crippen LogP contribution is -2.36. The maximum absolute atomic E-state index is 9.90. The standard InChI is InChI=1S/C13H21NOS/c1-10-6-4-5-7-12(10)16-11(2)8-13(3,15)9-14/h4-7,11,15H,8-9,14H2,1-3H3. The number of thioether (sulfide) groups is 1. The van der Waals surface area contributed by atoms with Crippen LogP contribution < -0.4 is 5.73 Å². The van der Waals surface area contributed by atoms with Crippen molar-refractivity contribution in [1.82, 2.24) is 0 Å². The molecule has 0 radical (unpaired) electrons. The van der Waals surface area contributed by atoms with Gasteiger partial charge >= 0.3 is 0 Å². The van der Waals surface area contributed by atoms with E-state index in [1.807, 2.05) is 12.1 Å². The van der Waals surface area contributed by atoms with Crippen LogP contribution in [0.1, 0.15) is 25.8 Å². The number of aryl methyl sites for hydroxylation is 1. The molecule has 16 heavy (non-hydrogen) atoms. The largest absolute Gasteiger partial charge is 0.389 e. The van der Waals surface area contributed by atoms with Crippen LogP contribution in [0.2, 0.25) is 0 Å². The SMILES string of the molecule is Cc1ccccc1SC(C)CC(C)(O)CN. The van der Waals surface area contributed by atoms with Crippen molar-refractivity contribution < 1.29 is 5.11 Å². The molecule has 3 N–H and O–H groups in total. The minimum atomic E-state index is -0.755. The van der Waals surface area contributed by atoms with Gasteiger partial charge in [-0.05, 0) is 31.9 Å². The molecule has 0 amide bonds. The zero-order valence-electron chi connectivity index (χ0n) is 10.2. The van der Waals surface area contributed by atoms with Crippen LogP contribution in [-0.2, 0) is 0 Å². The molecule has 2 nitrogen and oxygen atoms in total. The molecule has 0 heterocycles. The molecule has 90 valence electrons. The lowest BCUT2D eigenvalue weighted by molar-refractivity contribution is 0.0608. The fourth-order valence-electron chi connectivity index (χ4n) is 1.65. The molecular formula is C13H21NOS. The monoisotopic (exact) mass is 239 g/mol. The zero-order valence-corrected chi connectivity index (χ0v) is 11.1. The van der Waals surface area contributed by atoms with Crippen molar-refractivity contribution in [2.45, 2.75) is 42.9 Å². The van der Waals surface area contributed by atoms with E-state index in [-0.39, 0.29) is 0 Å². The molecule has 0 aliphatic heterocycles. The van der Waals surface area contributed by atoms with Crippen LogP contribution >= 0.6 is 11.8 Å². The normalized spacial score (nSPS) is 16.8. The van der Waals surface area contributed by atoms with E-state index < -0.39 is 5.60 Å². The van der Waals surface area contributed by atoms with Gasteiger partial charge in [0, 0.05) is 16.7 Å². The highest BCUT2D eigenvalue weighted by Gasteiger charge is 2.22. The minimum Gasteiger partial charge on any atom is -0.389 e. The summed E-state index contributed by atoms with van der Waals surface area (Å²) < 4.78 is 0. The van der Waals surface area contributed by atoms with E-state index in [1.165, 1.54) is 10.5 Å². The lowest BCUT2D eigenvalue weighted by atomic mass is 10.0. The van der Waals surface area contributed by atoms with Gasteiger partial charge in [-0.2, -0.15) is 0 Å². The van der Waals surface area contributed by atoms with E-state index in [0.717, 1.165) is 0 Å². The van der Waals surface area contributed by atoms with Crippen molar-refractivity contribution in [3.05, 3.63) is 29.8 Å². The van der Waals surface area contributed by atoms with Gasteiger partial charge in [-0.15, -0.1) is 11.8 Å². The number of benzene rings is 1. The van der Waals surface area contributed by atoms with Crippen molar-refractivity contribution >= 4 is 11.8 Å². The summed E-state index contributed by atoms with van der Waals surface area (Å²) in [5.74, 6) is 0. The highest BCUT2D eigenvalue weighted by Crippen LogP contribution is 2.30. The van der Waals surface area contributed by atoms with Crippen molar-refractivity contribution in [2.75, 3.05) is 6.54 Å². The molecule has 2 atom stereocenters. The highest BCUT2D eigenvalue weighted by atomic mass is 32.2. The third kappa shape index (κ3) is 4.16.